The maximum absolute atomic E-state index is 7.66. The van der Waals surface area contributed by atoms with Gasteiger partial charge in [-0.1, -0.05) is 42.5 Å². The lowest BCUT2D eigenvalue weighted by molar-refractivity contribution is 0.733. The minimum Gasteiger partial charge on any atom is -0.313 e. The predicted octanol–water partition coefficient (Wildman–Crippen LogP) is 2.92. The highest BCUT2D eigenvalue weighted by Gasteiger charge is 1.84. The third-order valence-corrected chi connectivity index (χ3v) is 2.02. The van der Waals surface area contributed by atoms with Gasteiger partial charge < -0.3 is 5.32 Å². The molecule has 1 nitrogen and oxygen atoms in total. The fourth-order valence-corrected chi connectivity index (χ4v) is 1.18. The first-order valence-electron chi connectivity index (χ1n) is 5.35. The Morgan fingerprint density at radius 2 is 2.14 bits per heavy atom. The Kier molecular flexibility index (Phi) is 5.29. The summed E-state index contributed by atoms with van der Waals surface area (Å²) < 4.78 is 7.66. The second kappa shape index (κ2) is 7.60. The van der Waals surface area contributed by atoms with E-state index in [1.807, 2.05) is 42.5 Å². The lowest BCUT2D eigenvalue weighted by Gasteiger charge is -1.97. The van der Waals surface area contributed by atoms with Gasteiger partial charge in [0.2, 0.25) is 0 Å². The number of benzene rings is 1. The summed E-state index contributed by atoms with van der Waals surface area (Å²) in [6, 6.07) is 9.98. The van der Waals surface area contributed by atoms with Gasteiger partial charge in [0, 0.05) is 13.8 Å². The summed E-state index contributed by atoms with van der Waals surface area (Å²) >= 11 is 5.54. The van der Waals surface area contributed by atoms with Crippen molar-refractivity contribution in [3.05, 3.63) is 42.0 Å². The van der Waals surface area contributed by atoms with Gasteiger partial charge >= 0.3 is 0 Å². The highest BCUT2D eigenvalue weighted by molar-refractivity contribution is 6.17. The quantitative estimate of drug-likeness (QED) is 0.563. The van der Waals surface area contributed by atoms with Crippen LogP contribution >= 0.6 is 11.6 Å². The zero-order valence-electron chi connectivity index (χ0n) is 9.12. The lowest BCUT2D eigenvalue weighted by Crippen LogP contribution is -2.15. The Morgan fingerprint density at radius 3 is 2.86 bits per heavy atom. The third-order valence-electron chi connectivity index (χ3n) is 1.76. The van der Waals surface area contributed by atoms with Crippen LogP contribution in [0.2, 0.25) is 0 Å². The molecule has 0 saturated heterocycles. The predicted molar refractivity (Wildman–Crippen MR) is 63.7 cm³/mol. The number of rotatable bonds is 6. The number of hydrogen-bond acceptors (Lipinski definition) is 1. The molecule has 0 fully saturated rings. The lowest BCUT2D eigenvalue weighted by atomic mass is 10.2. The molecule has 2 heteroatoms. The van der Waals surface area contributed by atoms with Crippen molar-refractivity contribution in [3.63, 3.8) is 0 Å². The Balaban J connectivity index is 2.31. The van der Waals surface area contributed by atoms with Gasteiger partial charge in [0.1, 0.15) is 0 Å². The van der Waals surface area contributed by atoms with Crippen LogP contribution < -0.4 is 5.32 Å². The van der Waals surface area contributed by atoms with Gasteiger partial charge in [0.15, 0.2) is 0 Å². The largest absolute Gasteiger partial charge is 0.313 e. The van der Waals surface area contributed by atoms with E-state index in [9.17, 15) is 0 Å². The van der Waals surface area contributed by atoms with Crippen molar-refractivity contribution in [1.29, 1.82) is 0 Å². The first kappa shape index (κ1) is 9.75. The van der Waals surface area contributed by atoms with Crippen LogP contribution in [0.15, 0.2) is 36.4 Å². The van der Waals surface area contributed by atoms with Gasteiger partial charge in [-0.3, -0.25) is 0 Å². The molecular weight excluding hydrogens is 194 g/mol. The second-order valence-electron chi connectivity index (χ2n) is 2.93. The summed E-state index contributed by atoms with van der Waals surface area (Å²) in [6.45, 7) is 0.435. The smallest absolute Gasteiger partial charge is 0.0473 e. The zero-order chi connectivity index (χ0) is 10.9. The summed E-state index contributed by atoms with van der Waals surface area (Å²) in [4.78, 5) is 0. The van der Waals surface area contributed by atoms with E-state index in [2.05, 4.69) is 5.32 Å². The van der Waals surface area contributed by atoms with E-state index < -0.39 is 0 Å². The van der Waals surface area contributed by atoms with E-state index in [1.165, 1.54) is 0 Å². The molecule has 76 valence electrons. The zero-order valence-corrected chi connectivity index (χ0v) is 8.87. The third kappa shape index (κ3) is 5.05. The normalized spacial score (nSPS) is 14.2. The van der Waals surface area contributed by atoms with Crippen molar-refractivity contribution in [2.45, 2.75) is 6.42 Å². The van der Waals surface area contributed by atoms with E-state index in [1.54, 1.807) is 0 Å². The van der Waals surface area contributed by atoms with Gasteiger partial charge in [-0.05, 0) is 18.5 Å². The molecule has 1 aromatic rings. The Morgan fingerprint density at radius 1 is 1.36 bits per heavy atom. The molecule has 0 radical (unpaired) electrons. The monoisotopic (exact) mass is 210 g/mol. The van der Waals surface area contributed by atoms with Crippen molar-refractivity contribution in [2.24, 2.45) is 0 Å². The van der Waals surface area contributed by atoms with E-state index in [0.29, 0.717) is 5.88 Å². The molecule has 1 N–H and O–H groups in total. The molecule has 0 amide bonds. The van der Waals surface area contributed by atoms with Crippen molar-refractivity contribution in [1.82, 2.24) is 5.32 Å². The summed E-state index contributed by atoms with van der Waals surface area (Å²) in [6.07, 6.45) is 4.69. The van der Waals surface area contributed by atoms with E-state index >= 15 is 0 Å². The van der Waals surface area contributed by atoms with E-state index in [-0.39, 0.29) is 6.52 Å². The van der Waals surface area contributed by atoms with E-state index in [0.717, 1.165) is 18.5 Å². The van der Waals surface area contributed by atoms with Crippen LogP contribution in [0.25, 0.3) is 6.08 Å². The molecule has 0 saturated carbocycles. The average Bonchev–Trinajstić information content (AvgIpc) is 2.28. The fourth-order valence-electron chi connectivity index (χ4n) is 1.04. The van der Waals surface area contributed by atoms with E-state index in [4.69, 9.17) is 13.0 Å². The molecule has 14 heavy (non-hydrogen) atoms. The Hall–Kier alpha value is -0.790. The summed E-state index contributed by atoms with van der Waals surface area (Å²) in [5.41, 5.74) is 1.12. The SMILES string of the molecule is [2H]C(/C=C/c1ccccc1)NCCCCl. The van der Waals surface area contributed by atoms with Gasteiger partial charge in [-0.15, -0.1) is 11.6 Å². The number of nitrogens with one attached hydrogen (secondary N) is 1. The molecule has 0 bridgehead atoms. The van der Waals surface area contributed by atoms with Crippen molar-refractivity contribution >= 4 is 17.7 Å². The standard InChI is InChI=1S/C12H16ClN/c13-9-5-11-14-10-4-8-12-6-2-1-3-7-12/h1-4,6-8,14H,5,9-11H2/b8-4+/i10D. The summed E-state index contributed by atoms with van der Waals surface area (Å²) in [5, 5.41) is 3.05. The highest BCUT2D eigenvalue weighted by Crippen LogP contribution is 1.99. The maximum Gasteiger partial charge on any atom is 0.0473 e. The molecular formula is C12H16ClN. The van der Waals surface area contributed by atoms with Crippen LogP contribution in [-0.4, -0.2) is 18.9 Å². The molecule has 1 rings (SSSR count). The molecule has 0 aliphatic carbocycles. The maximum atomic E-state index is 7.66. The summed E-state index contributed by atoms with van der Waals surface area (Å²) in [7, 11) is 0. The van der Waals surface area contributed by atoms with Crippen molar-refractivity contribution in [2.75, 3.05) is 18.9 Å². The van der Waals surface area contributed by atoms with Crippen LogP contribution in [0.3, 0.4) is 0 Å². The van der Waals surface area contributed by atoms with Gasteiger partial charge in [0.05, 0.1) is 0 Å². The molecule has 1 unspecified atom stereocenters. The topological polar surface area (TPSA) is 12.0 Å². The fraction of sp³-hybridized carbons (Fsp3) is 0.333. The number of hydrogen-bond donors (Lipinski definition) is 1. The average molecular weight is 211 g/mol. The molecule has 0 spiro atoms. The van der Waals surface area contributed by atoms with Crippen LogP contribution in [0.1, 0.15) is 13.4 Å². The molecule has 0 aliphatic rings. The Bertz CT molecular complexity index is 287. The minimum atomic E-state index is -0.353. The molecule has 1 atom stereocenters. The first-order chi connectivity index (χ1) is 7.33. The number of halogens is 1. The molecule has 0 aliphatic heterocycles. The van der Waals surface area contributed by atoms with Crippen LogP contribution in [-0.2, 0) is 0 Å². The number of alkyl halides is 1. The highest BCUT2D eigenvalue weighted by atomic mass is 35.5. The van der Waals surface area contributed by atoms with Gasteiger partial charge in [0.25, 0.3) is 0 Å². The van der Waals surface area contributed by atoms with Gasteiger partial charge in [-0.2, -0.15) is 0 Å². The van der Waals surface area contributed by atoms with Crippen molar-refractivity contribution in [3.8, 4) is 0 Å². The first-order valence-corrected chi connectivity index (χ1v) is 5.31. The Labute approximate surface area is 92.2 Å². The molecule has 0 heterocycles. The minimum absolute atomic E-state index is 0.353. The second-order valence-corrected chi connectivity index (χ2v) is 3.31. The van der Waals surface area contributed by atoms with Crippen LogP contribution in [0, 0.1) is 0 Å². The van der Waals surface area contributed by atoms with Crippen molar-refractivity contribution < 1.29 is 1.37 Å². The molecule has 0 aromatic heterocycles. The molecule has 1 aromatic carbocycles. The van der Waals surface area contributed by atoms with Crippen LogP contribution in [0.5, 0.6) is 0 Å². The van der Waals surface area contributed by atoms with Crippen LogP contribution in [0.4, 0.5) is 0 Å². The van der Waals surface area contributed by atoms with Gasteiger partial charge in [-0.25, -0.2) is 0 Å². The summed E-state index contributed by atoms with van der Waals surface area (Å²) in [5.74, 6) is 0.641.